The van der Waals surface area contributed by atoms with Gasteiger partial charge in [0.15, 0.2) is 0 Å². The highest BCUT2D eigenvalue weighted by atomic mass is 16.5. The van der Waals surface area contributed by atoms with E-state index in [4.69, 9.17) is 9.73 Å². The van der Waals surface area contributed by atoms with E-state index in [2.05, 4.69) is 36.4 Å². The van der Waals surface area contributed by atoms with E-state index < -0.39 is 0 Å². The Kier molecular flexibility index (Phi) is 3.82. The molecule has 0 spiro atoms. The second kappa shape index (κ2) is 5.91. The van der Waals surface area contributed by atoms with Crippen molar-refractivity contribution in [1.29, 1.82) is 0 Å². The van der Waals surface area contributed by atoms with Crippen molar-refractivity contribution in [2.24, 2.45) is 4.99 Å². The molecule has 2 aromatic rings. The number of methoxy groups -OCH3 is 1. The molecule has 0 aliphatic heterocycles. The lowest BCUT2D eigenvalue weighted by Gasteiger charge is -2.20. The van der Waals surface area contributed by atoms with Crippen molar-refractivity contribution in [3.63, 3.8) is 0 Å². The van der Waals surface area contributed by atoms with Crippen LogP contribution in [0.5, 0.6) is 5.75 Å². The summed E-state index contributed by atoms with van der Waals surface area (Å²) < 4.78 is 5.44. The molecule has 1 aliphatic rings. The molecule has 0 N–H and O–H groups in total. The van der Waals surface area contributed by atoms with Crippen LogP contribution in [-0.4, -0.2) is 12.8 Å². The zero-order valence-corrected chi connectivity index (χ0v) is 11.8. The van der Waals surface area contributed by atoms with E-state index in [1.165, 1.54) is 22.4 Å². The third-order valence-electron chi connectivity index (χ3n) is 3.84. The molecule has 0 fully saturated rings. The topological polar surface area (TPSA) is 21.6 Å². The molecule has 2 nitrogen and oxygen atoms in total. The lowest BCUT2D eigenvalue weighted by molar-refractivity contribution is 0.409. The van der Waals surface area contributed by atoms with Gasteiger partial charge in [0.1, 0.15) is 5.75 Å². The standard InChI is InChI=1S/C18H19NO/c1-20-18-9-5-8-15-12-16(10-11-17(15)18)19-13-14-6-3-2-4-7-14/h2-9H,10-13H2,1H3. The zero-order chi connectivity index (χ0) is 13.8. The molecule has 2 aromatic carbocycles. The number of ether oxygens (including phenoxy) is 1. The highest BCUT2D eigenvalue weighted by molar-refractivity contribution is 5.89. The Bertz CT molecular complexity index is 617. The Morgan fingerprint density at radius 2 is 1.85 bits per heavy atom. The highest BCUT2D eigenvalue weighted by Crippen LogP contribution is 2.28. The molecule has 0 atom stereocenters. The van der Waals surface area contributed by atoms with E-state index in [0.29, 0.717) is 0 Å². The van der Waals surface area contributed by atoms with Crippen LogP contribution in [0.25, 0.3) is 0 Å². The van der Waals surface area contributed by atoms with Crippen molar-refractivity contribution < 1.29 is 4.74 Å². The first-order valence-corrected chi connectivity index (χ1v) is 7.07. The van der Waals surface area contributed by atoms with Crippen LogP contribution in [0.3, 0.4) is 0 Å². The number of nitrogens with zero attached hydrogens (tertiary/aromatic N) is 1. The third-order valence-corrected chi connectivity index (χ3v) is 3.84. The predicted molar refractivity (Wildman–Crippen MR) is 82.6 cm³/mol. The maximum Gasteiger partial charge on any atom is 0.122 e. The quantitative estimate of drug-likeness (QED) is 0.826. The van der Waals surface area contributed by atoms with Crippen molar-refractivity contribution in [2.45, 2.75) is 25.8 Å². The maximum atomic E-state index is 5.44. The Hall–Kier alpha value is -2.09. The van der Waals surface area contributed by atoms with Crippen molar-refractivity contribution in [3.05, 3.63) is 65.2 Å². The van der Waals surface area contributed by atoms with Crippen LogP contribution in [0, 0.1) is 0 Å². The summed E-state index contributed by atoms with van der Waals surface area (Å²) in [6, 6.07) is 16.7. The van der Waals surface area contributed by atoms with E-state index in [1.54, 1.807) is 7.11 Å². The van der Waals surface area contributed by atoms with E-state index in [0.717, 1.165) is 31.6 Å². The lowest BCUT2D eigenvalue weighted by Crippen LogP contribution is -2.15. The lowest BCUT2D eigenvalue weighted by atomic mass is 9.89. The number of benzene rings is 2. The molecule has 0 unspecified atom stereocenters. The fraction of sp³-hybridized carbons (Fsp3) is 0.278. The normalized spacial score (nSPS) is 15.9. The molecule has 2 heteroatoms. The number of fused-ring (bicyclic) bond motifs is 1. The predicted octanol–water partition coefficient (Wildman–Crippen LogP) is 3.83. The largest absolute Gasteiger partial charge is 0.496 e. The molecule has 0 bridgehead atoms. The molecule has 0 aromatic heterocycles. The molecule has 102 valence electrons. The minimum Gasteiger partial charge on any atom is -0.496 e. The Morgan fingerprint density at radius 1 is 1.00 bits per heavy atom. The second-order valence-electron chi connectivity index (χ2n) is 5.14. The van der Waals surface area contributed by atoms with Gasteiger partial charge >= 0.3 is 0 Å². The van der Waals surface area contributed by atoms with E-state index in [1.807, 2.05) is 12.1 Å². The van der Waals surface area contributed by atoms with Gasteiger partial charge in [-0.3, -0.25) is 4.99 Å². The fourth-order valence-corrected chi connectivity index (χ4v) is 2.75. The van der Waals surface area contributed by atoms with Gasteiger partial charge in [0.2, 0.25) is 0 Å². The van der Waals surface area contributed by atoms with Crippen molar-refractivity contribution in [3.8, 4) is 5.75 Å². The van der Waals surface area contributed by atoms with Crippen LogP contribution >= 0.6 is 0 Å². The molecule has 0 heterocycles. The van der Waals surface area contributed by atoms with E-state index >= 15 is 0 Å². The summed E-state index contributed by atoms with van der Waals surface area (Å²) in [5.74, 6) is 1.02. The van der Waals surface area contributed by atoms with Crippen LogP contribution in [0.1, 0.15) is 23.1 Å². The van der Waals surface area contributed by atoms with Crippen molar-refractivity contribution in [2.75, 3.05) is 7.11 Å². The van der Waals surface area contributed by atoms with Gasteiger partial charge < -0.3 is 4.74 Å². The van der Waals surface area contributed by atoms with Gasteiger partial charge in [0, 0.05) is 12.1 Å². The van der Waals surface area contributed by atoms with E-state index in [-0.39, 0.29) is 0 Å². The summed E-state index contributed by atoms with van der Waals surface area (Å²) in [6.45, 7) is 0.787. The van der Waals surface area contributed by atoms with Crippen LogP contribution in [0.2, 0.25) is 0 Å². The third kappa shape index (κ3) is 2.74. The minimum atomic E-state index is 0.787. The molecule has 0 saturated carbocycles. The Balaban J connectivity index is 1.75. The van der Waals surface area contributed by atoms with Crippen molar-refractivity contribution in [1.82, 2.24) is 0 Å². The fourth-order valence-electron chi connectivity index (χ4n) is 2.75. The number of hydrogen-bond donors (Lipinski definition) is 0. The maximum absolute atomic E-state index is 5.44. The summed E-state index contributed by atoms with van der Waals surface area (Å²) >= 11 is 0. The van der Waals surface area contributed by atoms with Gasteiger partial charge in [-0.1, -0.05) is 42.5 Å². The van der Waals surface area contributed by atoms with Gasteiger partial charge in [0.25, 0.3) is 0 Å². The van der Waals surface area contributed by atoms with Gasteiger partial charge in [-0.05, 0) is 35.6 Å². The molecule has 0 amide bonds. The summed E-state index contributed by atoms with van der Waals surface area (Å²) in [4.78, 5) is 4.78. The van der Waals surface area contributed by atoms with Crippen LogP contribution in [-0.2, 0) is 19.4 Å². The highest BCUT2D eigenvalue weighted by Gasteiger charge is 2.17. The molecule has 0 radical (unpaired) electrons. The number of rotatable bonds is 3. The smallest absolute Gasteiger partial charge is 0.122 e. The number of hydrogen-bond acceptors (Lipinski definition) is 2. The first-order valence-electron chi connectivity index (χ1n) is 7.07. The van der Waals surface area contributed by atoms with Crippen LogP contribution in [0.15, 0.2) is 53.5 Å². The first kappa shape index (κ1) is 12.9. The molecular formula is C18H19NO. The average molecular weight is 265 g/mol. The summed E-state index contributed by atoms with van der Waals surface area (Å²) in [6.07, 6.45) is 3.03. The first-order chi connectivity index (χ1) is 9.86. The van der Waals surface area contributed by atoms with E-state index in [9.17, 15) is 0 Å². The zero-order valence-electron chi connectivity index (χ0n) is 11.8. The Labute approximate surface area is 120 Å². The molecule has 3 rings (SSSR count). The monoisotopic (exact) mass is 265 g/mol. The average Bonchev–Trinajstić information content (AvgIpc) is 2.53. The van der Waals surface area contributed by atoms with Gasteiger partial charge in [0.05, 0.1) is 13.7 Å². The van der Waals surface area contributed by atoms with Gasteiger partial charge in [-0.15, -0.1) is 0 Å². The number of aliphatic imine (C=N–C) groups is 1. The molecule has 1 aliphatic carbocycles. The summed E-state index contributed by atoms with van der Waals surface area (Å²) in [7, 11) is 1.74. The second-order valence-corrected chi connectivity index (χ2v) is 5.14. The van der Waals surface area contributed by atoms with Crippen LogP contribution in [0.4, 0.5) is 0 Å². The van der Waals surface area contributed by atoms with Crippen LogP contribution < -0.4 is 4.74 Å². The summed E-state index contributed by atoms with van der Waals surface area (Å²) in [5, 5.41) is 0. The molecule has 0 saturated heterocycles. The van der Waals surface area contributed by atoms with Gasteiger partial charge in [-0.2, -0.15) is 0 Å². The van der Waals surface area contributed by atoms with Gasteiger partial charge in [-0.25, -0.2) is 0 Å². The summed E-state index contributed by atoms with van der Waals surface area (Å²) in [5.41, 5.74) is 5.29. The minimum absolute atomic E-state index is 0.787. The molecular weight excluding hydrogens is 246 g/mol. The Morgan fingerprint density at radius 3 is 2.65 bits per heavy atom. The van der Waals surface area contributed by atoms with Crippen molar-refractivity contribution >= 4 is 5.71 Å². The SMILES string of the molecule is COc1cccc2c1CCC(=NCc1ccccc1)C2. The molecule has 20 heavy (non-hydrogen) atoms.